The fraction of sp³-hybridized carbons (Fsp3) is 0.438. The lowest BCUT2D eigenvalue weighted by Crippen LogP contribution is -2.41. The summed E-state index contributed by atoms with van der Waals surface area (Å²) in [5, 5.41) is 7.38. The van der Waals surface area contributed by atoms with E-state index in [9.17, 15) is 4.79 Å². The molecular weight excluding hydrogens is 349 g/mol. The zero-order chi connectivity index (χ0) is 15.5. The Kier molecular flexibility index (Phi) is 7.66. The number of rotatable bonds is 6. The van der Waals surface area contributed by atoms with Gasteiger partial charge in [-0.1, -0.05) is 13.0 Å². The minimum absolute atomic E-state index is 0. The monoisotopic (exact) mass is 371 g/mol. The molecule has 0 bridgehead atoms. The molecule has 3 rings (SSSR count). The molecule has 1 amide bonds. The molecule has 0 radical (unpaired) electrons. The average Bonchev–Trinajstić information content (AvgIpc) is 3.31. The van der Waals surface area contributed by atoms with Crippen molar-refractivity contribution in [2.45, 2.75) is 32.2 Å². The number of aromatic nitrogens is 3. The Balaban J connectivity index is 0.00000144. The third-order valence-corrected chi connectivity index (χ3v) is 4.08. The summed E-state index contributed by atoms with van der Waals surface area (Å²) in [5.74, 6) is 1.15. The first-order valence-corrected chi connectivity index (χ1v) is 7.73. The molecule has 1 unspecified atom stereocenters. The van der Waals surface area contributed by atoms with Crippen LogP contribution in [0.15, 0.2) is 30.6 Å². The summed E-state index contributed by atoms with van der Waals surface area (Å²) in [4.78, 5) is 16.8. The average molecular weight is 372 g/mol. The van der Waals surface area contributed by atoms with Crippen LogP contribution in [0.4, 0.5) is 0 Å². The lowest BCUT2D eigenvalue weighted by Gasteiger charge is -2.16. The molecule has 1 aliphatic carbocycles. The molecule has 0 aliphatic heterocycles. The molecule has 1 saturated carbocycles. The number of nitrogens with two attached hydrogens (primary N) is 1. The topological polar surface area (TPSA) is 85.8 Å². The Hall–Kier alpha value is -1.63. The SMILES string of the molecule is CCc1c(C(=O)NC(CN)C2CC2)cnn1-c1ccccn1.Cl.Cl. The van der Waals surface area contributed by atoms with Crippen molar-refractivity contribution in [3.8, 4) is 5.82 Å². The number of hydrogen-bond acceptors (Lipinski definition) is 4. The maximum absolute atomic E-state index is 12.5. The van der Waals surface area contributed by atoms with Crippen LogP contribution in [0, 0.1) is 5.92 Å². The van der Waals surface area contributed by atoms with Gasteiger partial charge in [-0.05, 0) is 37.3 Å². The van der Waals surface area contributed by atoms with E-state index in [2.05, 4.69) is 15.4 Å². The van der Waals surface area contributed by atoms with E-state index in [1.54, 1.807) is 17.1 Å². The highest BCUT2D eigenvalue weighted by atomic mass is 35.5. The van der Waals surface area contributed by atoms with Crippen LogP contribution < -0.4 is 11.1 Å². The maximum atomic E-state index is 12.5. The first kappa shape index (κ1) is 20.4. The summed E-state index contributed by atoms with van der Waals surface area (Å²) in [6.45, 7) is 2.49. The van der Waals surface area contributed by atoms with Crippen LogP contribution in [-0.2, 0) is 6.42 Å². The number of halogens is 2. The second kappa shape index (κ2) is 9.01. The van der Waals surface area contributed by atoms with E-state index in [1.165, 1.54) is 0 Å². The van der Waals surface area contributed by atoms with E-state index < -0.39 is 0 Å². The van der Waals surface area contributed by atoms with Crippen molar-refractivity contribution in [3.05, 3.63) is 41.9 Å². The Labute approximate surface area is 154 Å². The van der Waals surface area contributed by atoms with E-state index >= 15 is 0 Å². The smallest absolute Gasteiger partial charge is 0.255 e. The van der Waals surface area contributed by atoms with Crippen molar-refractivity contribution in [2.24, 2.45) is 11.7 Å². The van der Waals surface area contributed by atoms with E-state index in [4.69, 9.17) is 5.73 Å². The Bertz CT molecular complexity index is 658. The minimum atomic E-state index is -0.0959. The highest BCUT2D eigenvalue weighted by Crippen LogP contribution is 2.32. The molecule has 24 heavy (non-hydrogen) atoms. The molecule has 0 aromatic carbocycles. The van der Waals surface area contributed by atoms with Gasteiger partial charge in [0, 0.05) is 18.8 Å². The van der Waals surface area contributed by atoms with Crippen molar-refractivity contribution in [1.29, 1.82) is 0 Å². The molecule has 0 saturated heterocycles. The second-order valence-electron chi connectivity index (χ2n) is 5.61. The summed E-state index contributed by atoms with van der Waals surface area (Å²) in [5.41, 5.74) is 7.23. The highest BCUT2D eigenvalue weighted by Gasteiger charge is 2.32. The van der Waals surface area contributed by atoms with Crippen molar-refractivity contribution >= 4 is 30.7 Å². The lowest BCUT2D eigenvalue weighted by molar-refractivity contribution is 0.0932. The van der Waals surface area contributed by atoms with Gasteiger partial charge >= 0.3 is 0 Å². The van der Waals surface area contributed by atoms with Crippen LogP contribution in [-0.4, -0.2) is 33.3 Å². The normalized spacial score (nSPS) is 14.2. The molecule has 0 spiro atoms. The summed E-state index contributed by atoms with van der Waals surface area (Å²) >= 11 is 0. The van der Waals surface area contributed by atoms with Gasteiger partial charge in [0.25, 0.3) is 5.91 Å². The van der Waals surface area contributed by atoms with Crippen LogP contribution in [0.1, 0.15) is 35.8 Å². The minimum Gasteiger partial charge on any atom is -0.348 e. The predicted molar refractivity (Wildman–Crippen MR) is 98.3 cm³/mol. The Morgan fingerprint density at radius 3 is 2.71 bits per heavy atom. The van der Waals surface area contributed by atoms with Gasteiger partial charge in [-0.3, -0.25) is 4.79 Å². The molecule has 1 aliphatic rings. The number of amides is 1. The Morgan fingerprint density at radius 2 is 2.17 bits per heavy atom. The van der Waals surface area contributed by atoms with E-state index in [-0.39, 0.29) is 36.8 Å². The van der Waals surface area contributed by atoms with Gasteiger partial charge in [-0.2, -0.15) is 5.10 Å². The van der Waals surface area contributed by atoms with Crippen molar-refractivity contribution in [2.75, 3.05) is 6.54 Å². The number of pyridine rings is 1. The van der Waals surface area contributed by atoms with Crippen LogP contribution in [0.3, 0.4) is 0 Å². The first-order valence-electron chi connectivity index (χ1n) is 7.73. The summed E-state index contributed by atoms with van der Waals surface area (Å²) in [6.07, 6.45) is 6.33. The molecule has 2 aromatic rings. The number of hydrogen-bond donors (Lipinski definition) is 2. The molecule has 2 heterocycles. The van der Waals surface area contributed by atoms with Gasteiger partial charge in [0.15, 0.2) is 5.82 Å². The van der Waals surface area contributed by atoms with E-state index in [0.29, 0.717) is 24.4 Å². The summed E-state index contributed by atoms with van der Waals surface area (Å²) in [7, 11) is 0. The summed E-state index contributed by atoms with van der Waals surface area (Å²) < 4.78 is 1.73. The van der Waals surface area contributed by atoms with Gasteiger partial charge < -0.3 is 11.1 Å². The van der Waals surface area contributed by atoms with Crippen LogP contribution in [0.2, 0.25) is 0 Å². The largest absolute Gasteiger partial charge is 0.348 e. The fourth-order valence-corrected chi connectivity index (χ4v) is 2.69. The maximum Gasteiger partial charge on any atom is 0.255 e. The first-order chi connectivity index (χ1) is 10.7. The fourth-order valence-electron chi connectivity index (χ4n) is 2.69. The molecule has 132 valence electrons. The molecule has 2 aromatic heterocycles. The van der Waals surface area contributed by atoms with Crippen LogP contribution >= 0.6 is 24.8 Å². The predicted octanol–water partition coefficient (Wildman–Crippen LogP) is 2.14. The van der Waals surface area contributed by atoms with E-state index in [0.717, 1.165) is 24.4 Å². The van der Waals surface area contributed by atoms with Crippen molar-refractivity contribution < 1.29 is 4.79 Å². The molecule has 1 atom stereocenters. The number of carbonyl (C=O) groups is 1. The number of nitrogens with one attached hydrogen (secondary N) is 1. The zero-order valence-corrected chi connectivity index (χ0v) is 15.1. The lowest BCUT2D eigenvalue weighted by atomic mass is 10.1. The van der Waals surface area contributed by atoms with Gasteiger partial charge in [-0.15, -0.1) is 24.8 Å². The number of nitrogens with zero attached hydrogens (tertiary/aromatic N) is 3. The van der Waals surface area contributed by atoms with Gasteiger partial charge in [0.2, 0.25) is 0 Å². The molecule has 8 heteroatoms. The van der Waals surface area contributed by atoms with Gasteiger partial charge in [-0.25, -0.2) is 9.67 Å². The van der Waals surface area contributed by atoms with Crippen LogP contribution in [0.25, 0.3) is 5.82 Å². The van der Waals surface area contributed by atoms with Crippen molar-refractivity contribution in [3.63, 3.8) is 0 Å². The zero-order valence-electron chi connectivity index (χ0n) is 13.5. The molecule has 6 nitrogen and oxygen atoms in total. The quantitative estimate of drug-likeness (QED) is 0.814. The van der Waals surface area contributed by atoms with E-state index in [1.807, 2.05) is 25.1 Å². The standard InChI is InChI=1S/C16H21N5O.2ClH/c1-2-14-12(16(22)20-13(9-17)11-6-7-11)10-19-21(14)15-5-3-4-8-18-15;;/h3-5,8,10-11,13H,2,6-7,9,17H2,1H3,(H,20,22);2*1H. The third-order valence-electron chi connectivity index (χ3n) is 4.08. The van der Waals surface area contributed by atoms with Gasteiger partial charge in [0.1, 0.15) is 0 Å². The molecular formula is C16H23Cl2N5O. The Morgan fingerprint density at radius 1 is 1.42 bits per heavy atom. The molecule has 3 N–H and O–H groups in total. The number of carbonyl (C=O) groups excluding carboxylic acids is 1. The highest BCUT2D eigenvalue weighted by molar-refractivity contribution is 5.95. The molecule has 1 fully saturated rings. The van der Waals surface area contributed by atoms with Gasteiger partial charge in [0.05, 0.1) is 17.5 Å². The third kappa shape index (κ3) is 4.26. The second-order valence-corrected chi connectivity index (χ2v) is 5.61. The van der Waals surface area contributed by atoms with Crippen molar-refractivity contribution in [1.82, 2.24) is 20.1 Å². The summed E-state index contributed by atoms with van der Waals surface area (Å²) in [6, 6.07) is 5.70. The van der Waals surface area contributed by atoms with Crippen LogP contribution in [0.5, 0.6) is 0 Å².